The number of aromatic amines is 1. The maximum atomic E-state index is 13.8. The van der Waals surface area contributed by atoms with Gasteiger partial charge in [0.15, 0.2) is 5.82 Å². The summed E-state index contributed by atoms with van der Waals surface area (Å²) in [5.41, 5.74) is 8.40. The first-order valence-corrected chi connectivity index (χ1v) is 9.36. The average molecular weight is 396 g/mol. The Morgan fingerprint density at radius 2 is 2.14 bits per heavy atom. The summed E-state index contributed by atoms with van der Waals surface area (Å²) >= 11 is 0. The molecule has 0 atom stereocenters. The Bertz CT molecular complexity index is 1180. The zero-order valence-electron chi connectivity index (χ0n) is 15.7. The molecule has 0 aliphatic rings. The van der Waals surface area contributed by atoms with Crippen molar-refractivity contribution in [1.82, 2.24) is 25.1 Å². The molecular formula is C20H21FN6O2. The summed E-state index contributed by atoms with van der Waals surface area (Å²) in [5.74, 6) is -0.0866. The largest absolute Gasteiger partial charge is 0.395 e. The number of nitrogens with two attached hydrogens (primary N) is 1. The van der Waals surface area contributed by atoms with Crippen LogP contribution in [-0.2, 0) is 6.54 Å². The number of rotatable bonds is 7. The number of nitrogens with one attached hydrogen (secondary N) is 2. The summed E-state index contributed by atoms with van der Waals surface area (Å²) < 4.78 is 15.5. The minimum atomic E-state index is -0.383. The Labute approximate surface area is 165 Å². The van der Waals surface area contributed by atoms with E-state index < -0.39 is 0 Å². The predicted octanol–water partition coefficient (Wildman–Crippen LogP) is 1.79. The normalized spacial score (nSPS) is 11.4. The number of halogens is 1. The van der Waals surface area contributed by atoms with Crippen molar-refractivity contribution in [1.29, 1.82) is 0 Å². The quantitative estimate of drug-likeness (QED) is 0.355. The molecule has 1 amide bonds. The Hall–Kier alpha value is -3.30. The van der Waals surface area contributed by atoms with Gasteiger partial charge in [-0.3, -0.25) is 9.89 Å². The summed E-state index contributed by atoms with van der Waals surface area (Å²) in [5, 5.41) is 20.3. The van der Waals surface area contributed by atoms with Crippen molar-refractivity contribution in [3.8, 4) is 11.5 Å². The molecule has 0 bridgehead atoms. The summed E-state index contributed by atoms with van der Waals surface area (Å²) in [6, 6.07) is 9.56. The molecule has 4 rings (SSSR count). The van der Waals surface area contributed by atoms with Crippen molar-refractivity contribution >= 4 is 27.8 Å². The lowest BCUT2D eigenvalue weighted by molar-refractivity contribution is 0.0953. The van der Waals surface area contributed by atoms with Crippen LogP contribution in [0.25, 0.3) is 33.5 Å². The maximum absolute atomic E-state index is 13.8. The van der Waals surface area contributed by atoms with E-state index in [-0.39, 0.29) is 24.9 Å². The van der Waals surface area contributed by atoms with E-state index >= 15 is 0 Å². The number of benzene rings is 2. The zero-order chi connectivity index (χ0) is 20.4. The first-order valence-electron chi connectivity index (χ1n) is 9.36. The summed E-state index contributed by atoms with van der Waals surface area (Å²) in [7, 11) is 0. The van der Waals surface area contributed by atoms with Gasteiger partial charge in [-0.15, -0.1) is 0 Å². The molecule has 0 saturated heterocycles. The molecule has 0 radical (unpaired) electrons. The fourth-order valence-corrected chi connectivity index (χ4v) is 3.33. The smallest absolute Gasteiger partial charge is 0.251 e. The van der Waals surface area contributed by atoms with E-state index in [1.54, 1.807) is 28.8 Å². The maximum Gasteiger partial charge on any atom is 0.251 e. The summed E-state index contributed by atoms with van der Waals surface area (Å²) in [6.07, 6.45) is 0.701. The van der Waals surface area contributed by atoms with E-state index in [0.29, 0.717) is 53.0 Å². The van der Waals surface area contributed by atoms with Gasteiger partial charge >= 0.3 is 0 Å². The van der Waals surface area contributed by atoms with Gasteiger partial charge in [0.05, 0.1) is 23.2 Å². The minimum absolute atomic E-state index is 0.133. The Morgan fingerprint density at radius 3 is 2.93 bits per heavy atom. The number of imidazole rings is 1. The lowest BCUT2D eigenvalue weighted by atomic mass is 10.1. The van der Waals surface area contributed by atoms with Gasteiger partial charge < -0.3 is 20.7 Å². The van der Waals surface area contributed by atoms with Crippen LogP contribution in [0.2, 0.25) is 0 Å². The van der Waals surface area contributed by atoms with Gasteiger partial charge in [-0.05, 0) is 49.4 Å². The van der Waals surface area contributed by atoms with Crippen LogP contribution in [0.3, 0.4) is 0 Å². The Balaban J connectivity index is 1.81. The number of aromatic nitrogens is 4. The highest BCUT2D eigenvalue weighted by Crippen LogP contribution is 2.30. The zero-order valence-corrected chi connectivity index (χ0v) is 15.7. The molecule has 2 aromatic heterocycles. The van der Waals surface area contributed by atoms with Crippen molar-refractivity contribution in [3.63, 3.8) is 0 Å². The van der Waals surface area contributed by atoms with Gasteiger partial charge in [0.25, 0.3) is 5.91 Å². The van der Waals surface area contributed by atoms with Crippen LogP contribution >= 0.6 is 0 Å². The Kier molecular flexibility index (Phi) is 5.24. The molecule has 2 heterocycles. The second kappa shape index (κ2) is 7.98. The van der Waals surface area contributed by atoms with Crippen molar-refractivity contribution < 1.29 is 14.3 Å². The van der Waals surface area contributed by atoms with Crippen LogP contribution in [0, 0.1) is 5.82 Å². The monoisotopic (exact) mass is 396 g/mol. The molecule has 9 heteroatoms. The lowest BCUT2D eigenvalue weighted by Gasteiger charge is -2.07. The highest BCUT2D eigenvalue weighted by atomic mass is 19.1. The highest BCUT2D eigenvalue weighted by Gasteiger charge is 2.19. The molecule has 0 spiro atoms. The number of amides is 1. The number of H-pyrrole nitrogens is 1. The van der Waals surface area contributed by atoms with Crippen molar-refractivity contribution in [3.05, 3.63) is 47.8 Å². The van der Waals surface area contributed by atoms with Gasteiger partial charge in [0.1, 0.15) is 11.5 Å². The topological polar surface area (TPSA) is 122 Å². The number of carbonyl (C=O) groups excluding carboxylic acids is 1. The number of hydrogen-bond donors (Lipinski definition) is 4. The third kappa shape index (κ3) is 3.57. The molecule has 2 aromatic carbocycles. The van der Waals surface area contributed by atoms with Crippen molar-refractivity contribution in [2.75, 3.05) is 19.7 Å². The van der Waals surface area contributed by atoms with E-state index in [9.17, 15) is 14.3 Å². The summed E-state index contributed by atoms with van der Waals surface area (Å²) in [4.78, 5) is 17.0. The molecule has 0 aliphatic carbocycles. The summed E-state index contributed by atoms with van der Waals surface area (Å²) in [6.45, 7) is 1.12. The molecule has 0 fully saturated rings. The fraction of sp³-hybridized carbons (Fsp3) is 0.250. The molecule has 29 heavy (non-hydrogen) atoms. The molecule has 8 nitrogen and oxygen atoms in total. The lowest BCUT2D eigenvalue weighted by Crippen LogP contribution is -2.25. The number of carbonyl (C=O) groups is 1. The van der Waals surface area contributed by atoms with Gasteiger partial charge in [-0.2, -0.15) is 5.10 Å². The van der Waals surface area contributed by atoms with Crippen LogP contribution in [0.5, 0.6) is 0 Å². The molecule has 150 valence electrons. The third-order valence-corrected chi connectivity index (χ3v) is 4.74. The fourth-order valence-electron chi connectivity index (χ4n) is 3.33. The van der Waals surface area contributed by atoms with Crippen molar-refractivity contribution in [2.24, 2.45) is 5.73 Å². The number of nitrogens with zero attached hydrogens (tertiary/aromatic N) is 3. The van der Waals surface area contributed by atoms with E-state index in [0.717, 1.165) is 5.52 Å². The SMILES string of the molecule is NCCCNC(=O)c1ccc2[nH]nc(-c3nc4ccc(F)cc4n3CCO)c2c1. The van der Waals surface area contributed by atoms with Gasteiger partial charge in [0, 0.05) is 24.0 Å². The highest BCUT2D eigenvalue weighted by molar-refractivity contribution is 6.01. The van der Waals surface area contributed by atoms with E-state index in [4.69, 9.17) is 5.73 Å². The van der Waals surface area contributed by atoms with Crippen LogP contribution in [0.15, 0.2) is 36.4 Å². The Morgan fingerprint density at radius 1 is 1.28 bits per heavy atom. The predicted molar refractivity (Wildman–Crippen MR) is 108 cm³/mol. The molecule has 0 saturated carbocycles. The van der Waals surface area contributed by atoms with Crippen LogP contribution in [0.1, 0.15) is 16.8 Å². The third-order valence-electron chi connectivity index (χ3n) is 4.74. The van der Waals surface area contributed by atoms with E-state index in [1.807, 2.05) is 0 Å². The molecule has 0 unspecified atom stereocenters. The number of aliphatic hydroxyl groups is 1. The van der Waals surface area contributed by atoms with Crippen LogP contribution in [0.4, 0.5) is 4.39 Å². The van der Waals surface area contributed by atoms with E-state index in [1.165, 1.54) is 12.1 Å². The first kappa shape index (κ1) is 19.0. The van der Waals surface area contributed by atoms with Crippen molar-refractivity contribution in [2.45, 2.75) is 13.0 Å². The second-order valence-corrected chi connectivity index (χ2v) is 6.67. The molecule has 0 aliphatic heterocycles. The first-order chi connectivity index (χ1) is 14.1. The van der Waals surface area contributed by atoms with E-state index in [2.05, 4.69) is 20.5 Å². The minimum Gasteiger partial charge on any atom is -0.395 e. The number of hydrogen-bond acceptors (Lipinski definition) is 5. The van der Waals surface area contributed by atoms with Crippen LogP contribution < -0.4 is 11.1 Å². The standard InChI is InChI=1S/C20H21FN6O2/c21-13-3-5-16-17(11-13)27(8-9-28)19(24-16)18-14-10-12(2-4-15(14)25-26-18)20(29)23-7-1-6-22/h2-5,10-11,28H,1,6-9,22H2,(H,23,29)(H,25,26). The van der Waals surface area contributed by atoms with Crippen LogP contribution in [-0.4, -0.2) is 50.5 Å². The second-order valence-electron chi connectivity index (χ2n) is 6.67. The average Bonchev–Trinajstić information content (AvgIpc) is 3.29. The molecule has 4 aromatic rings. The molecular weight excluding hydrogens is 375 g/mol. The number of aliphatic hydroxyl groups excluding tert-OH is 1. The molecule has 5 N–H and O–H groups in total. The number of fused-ring (bicyclic) bond motifs is 2. The van der Waals surface area contributed by atoms with Gasteiger partial charge in [0.2, 0.25) is 0 Å². The van der Waals surface area contributed by atoms with Gasteiger partial charge in [-0.1, -0.05) is 0 Å². The van der Waals surface area contributed by atoms with Gasteiger partial charge in [-0.25, -0.2) is 9.37 Å².